The van der Waals surface area contributed by atoms with E-state index in [9.17, 15) is 8.42 Å². The number of nitrogens with one attached hydrogen (secondary N) is 2. The van der Waals surface area contributed by atoms with Crippen molar-refractivity contribution >= 4 is 10.2 Å². The van der Waals surface area contributed by atoms with Crippen LogP contribution in [0, 0.1) is 5.92 Å². The van der Waals surface area contributed by atoms with Crippen molar-refractivity contribution in [1.82, 2.24) is 14.3 Å². The maximum atomic E-state index is 11.7. The van der Waals surface area contributed by atoms with E-state index < -0.39 is 10.2 Å². The summed E-state index contributed by atoms with van der Waals surface area (Å²) in [5.41, 5.74) is 0. The molecule has 16 heavy (non-hydrogen) atoms. The van der Waals surface area contributed by atoms with Crippen LogP contribution in [0.2, 0.25) is 0 Å². The van der Waals surface area contributed by atoms with Gasteiger partial charge in [0.1, 0.15) is 0 Å². The zero-order valence-electron chi connectivity index (χ0n) is 10.2. The Morgan fingerprint density at radius 1 is 1.38 bits per heavy atom. The molecule has 0 amide bonds. The fraction of sp³-hybridized carbons (Fsp3) is 1.00. The largest absolute Gasteiger partial charge is 0.317 e. The van der Waals surface area contributed by atoms with Crippen LogP contribution in [-0.4, -0.2) is 45.9 Å². The summed E-state index contributed by atoms with van der Waals surface area (Å²) >= 11 is 0. The van der Waals surface area contributed by atoms with Crippen LogP contribution in [-0.2, 0) is 10.2 Å². The van der Waals surface area contributed by atoms with Gasteiger partial charge in [-0.05, 0) is 38.3 Å². The second-order valence-corrected chi connectivity index (χ2v) is 6.19. The Kier molecular flexibility index (Phi) is 5.68. The lowest BCUT2D eigenvalue weighted by molar-refractivity contribution is 0.444. The van der Waals surface area contributed by atoms with E-state index in [1.807, 2.05) is 6.92 Å². The summed E-state index contributed by atoms with van der Waals surface area (Å²) in [6.07, 6.45) is 3.16. The van der Waals surface area contributed by atoms with Crippen molar-refractivity contribution in [3.05, 3.63) is 0 Å². The van der Waals surface area contributed by atoms with Crippen molar-refractivity contribution < 1.29 is 8.42 Å². The van der Waals surface area contributed by atoms with Gasteiger partial charge in [0.2, 0.25) is 0 Å². The molecule has 2 N–H and O–H groups in total. The molecule has 0 aromatic carbocycles. The van der Waals surface area contributed by atoms with Gasteiger partial charge in [0.15, 0.2) is 0 Å². The highest BCUT2D eigenvalue weighted by atomic mass is 32.2. The van der Waals surface area contributed by atoms with E-state index in [4.69, 9.17) is 0 Å². The molecule has 0 aromatic rings. The quantitative estimate of drug-likeness (QED) is 0.572. The van der Waals surface area contributed by atoms with Crippen LogP contribution in [0.4, 0.5) is 0 Å². The second-order valence-electron chi connectivity index (χ2n) is 4.33. The Hall–Kier alpha value is -0.170. The molecule has 0 bridgehead atoms. The number of rotatable bonds is 9. The Morgan fingerprint density at radius 2 is 2.06 bits per heavy atom. The van der Waals surface area contributed by atoms with Crippen LogP contribution >= 0.6 is 0 Å². The van der Waals surface area contributed by atoms with Gasteiger partial charge < -0.3 is 5.32 Å². The lowest BCUT2D eigenvalue weighted by Gasteiger charge is -2.17. The summed E-state index contributed by atoms with van der Waals surface area (Å²) < 4.78 is 27.5. The molecule has 1 rings (SSSR count). The third kappa shape index (κ3) is 5.25. The van der Waals surface area contributed by atoms with Gasteiger partial charge in [0.25, 0.3) is 10.2 Å². The molecule has 0 saturated heterocycles. The van der Waals surface area contributed by atoms with Crippen molar-refractivity contribution in [1.29, 1.82) is 0 Å². The summed E-state index contributed by atoms with van der Waals surface area (Å²) in [7, 11) is -1.62. The SMILES string of the molecule is CCNCCCN(C)S(=O)(=O)NCC1CC1. The fourth-order valence-electron chi connectivity index (χ4n) is 1.38. The molecule has 0 heterocycles. The van der Waals surface area contributed by atoms with Crippen molar-refractivity contribution in [2.24, 2.45) is 5.92 Å². The van der Waals surface area contributed by atoms with Crippen molar-refractivity contribution in [2.75, 3.05) is 33.2 Å². The topological polar surface area (TPSA) is 61.4 Å². The van der Waals surface area contributed by atoms with E-state index in [0.717, 1.165) is 32.4 Å². The highest BCUT2D eigenvalue weighted by Gasteiger charge is 2.25. The van der Waals surface area contributed by atoms with Crippen LogP contribution in [0.3, 0.4) is 0 Å². The van der Waals surface area contributed by atoms with Gasteiger partial charge in [-0.3, -0.25) is 0 Å². The Labute approximate surface area is 98.8 Å². The third-order valence-corrected chi connectivity index (χ3v) is 4.27. The Morgan fingerprint density at radius 3 is 2.62 bits per heavy atom. The molecule has 1 aliphatic carbocycles. The summed E-state index contributed by atoms with van der Waals surface area (Å²) in [5.74, 6) is 0.574. The van der Waals surface area contributed by atoms with Crippen LogP contribution < -0.4 is 10.0 Å². The third-order valence-electron chi connectivity index (χ3n) is 2.74. The lowest BCUT2D eigenvalue weighted by atomic mass is 10.4. The van der Waals surface area contributed by atoms with Gasteiger partial charge in [0, 0.05) is 20.1 Å². The fourth-order valence-corrected chi connectivity index (χ4v) is 2.42. The first kappa shape index (κ1) is 13.9. The molecular weight excluding hydrogens is 226 g/mol. The maximum absolute atomic E-state index is 11.7. The summed E-state index contributed by atoms with van der Waals surface area (Å²) in [6, 6.07) is 0. The van der Waals surface area contributed by atoms with Crippen LogP contribution in [0.15, 0.2) is 0 Å². The van der Waals surface area contributed by atoms with Crippen LogP contribution in [0.5, 0.6) is 0 Å². The predicted octanol–water partition coefficient (Wildman–Crippen LogP) is 0.162. The van der Waals surface area contributed by atoms with E-state index in [1.54, 1.807) is 7.05 Å². The van der Waals surface area contributed by atoms with Crippen LogP contribution in [0.1, 0.15) is 26.2 Å². The second kappa shape index (κ2) is 6.54. The van der Waals surface area contributed by atoms with Crippen LogP contribution in [0.25, 0.3) is 0 Å². The van der Waals surface area contributed by atoms with E-state index in [-0.39, 0.29) is 0 Å². The average molecular weight is 249 g/mol. The van der Waals surface area contributed by atoms with Gasteiger partial charge in [0.05, 0.1) is 0 Å². The van der Waals surface area contributed by atoms with Gasteiger partial charge in [-0.25, -0.2) is 4.72 Å². The molecule has 5 nitrogen and oxygen atoms in total. The van der Waals surface area contributed by atoms with Crippen molar-refractivity contribution in [2.45, 2.75) is 26.2 Å². The molecule has 96 valence electrons. The Bertz CT molecular complexity index is 288. The minimum atomic E-state index is -3.25. The molecule has 0 radical (unpaired) electrons. The molecule has 0 aromatic heterocycles. The van der Waals surface area contributed by atoms with Gasteiger partial charge in [-0.2, -0.15) is 12.7 Å². The maximum Gasteiger partial charge on any atom is 0.279 e. The average Bonchev–Trinajstić information content (AvgIpc) is 3.05. The standard InChI is InChI=1S/C10H23N3O2S/c1-3-11-7-4-8-13(2)16(14,15)12-9-10-5-6-10/h10-12H,3-9H2,1-2H3. The molecule has 0 atom stereocenters. The molecule has 1 saturated carbocycles. The smallest absolute Gasteiger partial charge is 0.279 e. The molecule has 1 aliphatic rings. The molecule has 0 aliphatic heterocycles. The summed E-state index contributed by atoms with van der Waals surface area (Å²) in [4.78, 5) is 0. The molecule has 0 unspecified atom stereocenters. The molecular formula is C10H23N3O2S. The van der Waals surface area contributed by atoms with Gasteiger partial charge in [-0.1, -0.05) is 6.92 Å². The van der Waals surface area contributed by atoms with Gasteiger partial charge in [-0.15, -0.1) is 0 Å². The first-order chi connectivity index (χ1) is 7.56. The van der Waals surface area contributed by atoms with E-state index in [2.05, 4.69) is 10.0 Å². The van der Waals surface area contributed by atoms with Crippen molar-refractivity contribution in [3.8, 4) is 0 Å². The van der Waals surface area contributed by atoms with E-state index >= 15 is 0 Å². The molecule has 0 spiro atoms. The highest BCUT2D eigenvalue weighted by molar-refractivity contribution is 7.87. The zero-order chi connectivity index (χ0) is 12.0. The first-order valence-corrected chi connectivity index (χ1v) is 7.42. The lowest BCUT2D eigenvalue weighted by Crippen LogP contribution is -2.40. The normalized spacial score (nSPS) is 16.9. The van der Waals surface area contributed by atoms with Gasteiger partial charge >= 0.3 is 0 Å². The Balaban J connectivity index is 2.18. The molecule has 6 heteroatoms. The first-order valence-electron chi connectivity index (χ1n) is 5.98. The molecule has 1 fully saturated rings. The van der Waals surface area contributed by atoms with E-state index in [0.29, 0.717) is 19.0 Å². The number of nitrogens with zero attached hydrogens (tertiary/aromatic N) is 1. The minimum absolute atomic E-state index is 0.563. The zero-order valence-corrected chi connectivity index (χ0v) is 11.0. The summed E-state index contributed by atoms with van der Waals surface area (Å²) in [6.45, 7) is 4.99. The number of hydrogen-bond donors (Lipinski definition) is 2. The predicted molar refractivity (Wildman–Crippen MR) is 65.4 cm³/mol. The van der Waals surface area contributed by atoms with E-state index in [1.165, 1.54) is 4.31 Å². The highest BCUT2D eigenvalue weighted by Crippen LogP contribution is 2.27. The summed E-state index contributed by atoms with van der Waals surface area (Å²) in [5, 5.41) is 3.17. The minimum Gasteiger partial charge on any atom is -0.317 e. The van der Waals surface area contributed by atoms with Crippen molar-refractivity contribution in [3.63, 3.8) is 0 Å². The number of hydrogen-bond acceptors (Lipinski definition) is 3. The monoisotopic (exact) mass is 249 g/mol.